The molecule has 0 saturated heterocycles. The Morgan fingerprint density at radius 1 is 0.852 bits per heavy atom. The van der Waals surface area contributed by atoms with E-state index < -0.39 is 27.7 Å². The zero-order chi connectivity index (χ0) is 19.6. The van der Waals surface area contributed by atoms with Crippen molar-refractivity contribution in [3.63, 3.8) is 0 Å². The van der Waals surface area contributed by atoms with E-state index in [2.05, 4.69) is 0 Å². The van der Waals surface area contributed by atoms with Crippen LogP contribution in [0.5, 0.6) is 0 Å². The van der Waals surface area contributed by atoms with Crippen molar-refractivity contribution in [2.75, 3.05) is 4.31 Å². The Hall–Kier alpha value is -2.73. The molecule has 3 aromatic carbocycles. The molecule has 0 saturated carbocycles. The van der Waals surface area contributed by atoms with Gasteiger partial charge in [-0.2, -0.15) is 0 Å². The topological polar surface area (TPSA) is 37.4 Å². The van der Waals surface area contributed by atoms with Gasteiger partial charge in [0.2, 0.25) is 0 Å². The summed E-state index contributed by atoms with van der Waals surface area (Å²) < 4.78 is 55.6. The molecule has 0 aliphatic rings. The van der Waals surface area contributed by atoms with Crippen molar-refractivity contribution >= 4 is 15.7 Å². The van der Waals surface area contributed by atoms with Gasteiger partial charge in [0.05, 0.1) is 16.6 Å². The molecular weight excluding hydrogens is 368 g/mol. The van der Waals surface area contributed by atoms with Gasteiger partial charge in [-0.3, -0.25) is 4.31 Å². The van der Waals surface area contributed by atoms with E-state index in [1.807, 2.05) is 6.92 Å². The molecule has 3 nitrogen and oxygen atoms in total. The summed E-state index contributed by atoms with van der Waals surface area (Å²) in [5.41, 5.74) is 1.41. The summed E-state index contributed by atoms with van der Waals surface area (Å²) >= 11 is 0. The van der Waals surface area contributed by atoms with Crippen LogP contribution in [0.2, 0.25) is 0 Å². The summed E-state index contributed by atoms with van der Waals surface area (Å²) in [7, 11) is -4.00. The van der Waals surface area contributed by atoms with E-state index >= 15 is 0 Å². The zero-order valence-corrected chi connectivity index (χ0v) is 15.7. The minimum absolute atomic E-state index is 0.0839. The molecule has 3 aromatic rings. The van der Waals surface area contributed by atoms with E-state index in [4.69, 9.17) is 0 Å². The first kappa shape index (κ1) is 19.0. The Labute approximate surface area is 157 Å². The number of benzene rings is 3. The maximum atomic E-state index is 14.3. The standard InChI is InChI=1S/C21H19F2NO2S/c1-15-7-13-19(14-8-15)27(25,26)24(18-11-9-17(22)10-12-18)16(2)20-5-3-4-6-21(20)23/h3-14,16H,1-2H3/t16-/m1/s1. The van der Waals surface area contributed by atoms with E-state index in [-0.39, 0.29) is 16.1 Å². The summed E-state index contributed by atoms with van der Waals surface area (Å²) in [6.45, 7) is 3.46. The highest BCUT2D eigenvalue weighted by Gasteiger charge is 2.31. The highest BCUT2D eigenvalue weighted by molar-refractivity contribution is 7.92. The van der Waals surface area contributed by atoms with Crippen molar-refractivity contribution in [1.82, 2.24) is 0 Å². The highest BCUT2D eigenvalue weighted by Crippen LogP contribution is 2.34. The molecule has 0 fully saturated rings. The fourth-order valence-electron chi connectivity index (χ4n) is 2.92. The van der Waals surface area contributed by atoms with Crippen molar-refractivity contribution < 1.29 is 17.2 Å². The first-order valence-corrected chi connectivity index (χ1v) is 9.86. The molecule has 6 heteroatoms. The number of hydrogen-bond acceptors (Lipinski definition) is 2. The smallest absolute Gasteiger partial charge is 0.259 e. The van der Waals surface area contributed by atoms with Crippen LogP contribution in [0.15, 0.2) is 77.7 Å². The van der Waals surface area contributed by atoms with Crippen LogP contribution >= 0.6 is 0 Å². The van der Waals surface area contributed by atoms with Crippen LogP contribution < -0.4 is 4.31 Å². The van der Waals surface area contributed by atoms with Crippen LogP contribution in [0.25, 0.3) is 0 Å². The van der Waals surface area contributed by atoms with Crippen LogP contribution in [0.3, 0.4) is 0 Å². The molecule has 0 aliphatic heterocycles. The third-order valence-electron chi connectivity index (χ3n) is 4.37. The number of aryl methyl sites for hydroxylation is 1. The second-order valence-corrected chi connectivity index (χ2v) is 8.10. The quantitative estimate of drug-likeness (QED) is 0.601. The van der Waals surface area contributed by atoms with Crippen LogP contribution in [-0.4, -0.2) is 8.42 Å². The Morgan fingerprint density at radius 3 is 2.04 bits per heavy atom. The lowest BCUT2D eigenvalue weighted by Gasteiger charge is -2.31. The molecule has 0 unspecified atom stereocenters. The Morgan fingerprint density at radius 2 is 1.44 bits per heavy atom. The monoisotopic (exact) mass is 387 g/mol. The number of hydrogen-bond donors (Lipinski definition) is 0. The Balaban J connectivity index is 2.17. The fourth-order valence-corrected chi connectivity index (χ4v) is 4.56. The third kappa shape index (κ3) is 3.85. The van der Waals surface area contributed by atoms with E-state index in [0.717, 1.165) is 9.87 Å². The van der Waals surface area contributed by atoms with Crippen LogP contribution in [-0.2, 0) is 10.0 Å². The van der Waals surface area contributed by atoms with Crippen molar-refractivity contribution in [1.29, 1.82) is 0 Å². The minimum atomic E-state index is -4.00. The summed E-state index contributed by atoms with van der Waals surface area (Å²) in [6.07, 6.45) is 0. The van der Waals surface area contributed by atoms with E-state index in [0.29, 0.717) is 0 Å². The maximum absolute atomic E-state index is 14.3. The predicted octanol–water partition coefficient (Wildman–Crippen LogP) is 5.23. The minimum Gasteiger partial charge on any atom is -0.259 e. The first-order chi connectivity index (χ1) is 12.8. The number of nitrogens with zero attached hydrogens (tertiary/aromatic N) is 1. The Bertz CT molecular complexity index is 1030. The van der Waals surface area contributed by atoms with Crippen molar-refractivity contribution in [3.05, 3.63) is 95.6 Å². The highest BCUT2D eigenvalue weighted by atomic mass is 32.2. The molecule has 0 heterocycles. The summed E-state index contributed by atoms with van der Waals surface area (Å²) in [6, 6.07) is 16.7. The lowest BCUT2D eigenvalue weighted by molar-refractivity contribution is 0.569. The SMILES string of the molecule is Cc1ccc(S(=O)(=O)N(c2ccc(F)cc2)[C@H](C)c2ccccc2F)cc1. The van der Waals surface area contributed by atoms with Crippen molar-refractivity contribution in [2.45, 2.75) is 24.8 Å². The molecule has 0 amide bonds. The van der Waals surface area contributed by atoms with Gasteiger partial charge in [-0.05, 0) is 56.3 Å². The van der Waals surface area contributed by atoms with Gasteiger partial charge < -0.3 is 0 Å². The lowest BCUT2D eigenvalue weighted by Crippen LogP contribution is -2.34. The molecule has 0 aromatic heterocycles. The van der Waals surface area contributed by atoms with E-state index in [9.17, 15) is 17.2 Å². The molecule has 0 spiro atoms. The Kier molecular flexibility index (Phi) is 5.28. The molecule has 0 bridgehead atoms. The first-order valence-electron chi connectivity index (χ1n) is 8.42. The average Bonchev–Trinajstić information content (AvgIpc) is 2.64. The molecule has 0 N–H and O–H groups in total. The summed E-state index contributed by atoms with van der Waals surface area (Å²) in [5.74, 6) is -0.985. The summed E-state index contributed by atoms with van der Waals surface area (Å²) in [5, 5.41) is 0. The normalized spacial score (nSPS) is 12.6. The zero-order valence-electron chi connectivity index (χ0n) is 14.9. The predicted molar refractivity (Wildman–Crippen MR) is 102 cm³/mol. The fraction of sp³-hybridized carbons (Fsp3) is 0.143. The van der Waals surface area contributed by atoms with Crippen LogP contribution in [0, 0.1) is 18.6 Å². The third-order valence-corrected chi connectivity index (χ3v) is 6.28. The largest absolute Gasteiger partial charge is 0.264 e. The van der Waals surface area contributed by atoms with Gasteiger partial charge >= 0.3 is 0 Å². The average molecular weight is 387 g/mol. The van der Waals surface area contributed by atoms with E-state index in [1.165, 1.54) is 42.5 Å². The number of rotatable bonds is 5. The van der Waals surface area contributed by atoms with Gasteiger partial charge in [-0.15, -0.1) is 0 Å². The van der Waals surface area contributed by atoms with Crippen LogP contribution in [0.1, 0.15) is 24.1 Å². The van der Waals surface area contributed by atoms with Crippen LogP contribution in [0.4, 0.5) is 14.5 Å². The van der Waals surface area contributed by atoms with Crippen molar-refractivity contribution in [2.24, 2.45) is 0 Å². The van der Waals surface area contributed by atoms with Gasteiger partial charge in [0.15, 0.2) is 0 Å². The number of anilines is 1. The molecular formula is C21H19F2NO2S. The molecule has 1 atom stereocenters. The second kappa shape index (κ2) is 7.48. The molecule has 140 valence electrons. The maximum Gasteiger partial charge on any atom is 0.264 e. The van der Waals surface area contributed by atoms with E-state index in [1.54, 1.807) is 37.3 Å². The number of halogens is 2. The lowest BCUT2D eigenvalue weighted by atomic mass is 10.1. The molecule has 3 rings (SSSR count). The van der Waals surface area contributed by atoms with Gasteiger partial charge in [-0.25, -0.2) is 17.2 Å². The molecule has 0 radical (unpaired) electrons. The molecule has 27 heavy (non-hydrogen) atoms. The molecule has 0 aliphatic carbocycles. The van der Waals surface area contributed by atoms with Gasteiger partial charge in [0.1, 0.15) is 11.6 Å². The van der Waals surface area contributed by atoms with Gasteiger partial charge in [-0.1, -0.05) is 35.9 Å². The summed E-state index contributed by atoms with van der Waals surface area (Å²) in [4.78, 5) is 0.0839. The van der Waals surface area contributed by atoms with Gasteiger partial charge in [0, 0.05) is 5.56 Å². The number of sulfonamides is 1. The second-order valence-electron chi connectivity index (χ2n) is 6.29. The van der Waals surface area contributed by atoms with Gasteiger partial charge in [0.25, 0.3) is 10.0 Å². The van der Waals surface area contributed by atoms with Crippen molar-refractivity contribution in [3.8, 4) is 0 Å².